The van der Waals surface area contributed by atoms with Gasteiger partial charge >= 0.3 is 0 Å². The molecule has 7 nitrogen and oxygen atoms in total. The number of rotatable bonds is 4. The molecule has 0 saturated carbocycles. The topological polar surface area (TPSA) is 79.6 Å². The SMILES string of the molecule is O=C(NCc1cccc(Cl)c1)C1CCN(c2nn3c(=O)c4c(nc3s2)CCCC4)CC1. The van der Waals surface area contributed by atoms with Gasteiger partial charge in [0.25, 0.3) is 5.56 Å². The minimum Gasteiger partial charge on any atom is -0.352 e. The van der Waals surface area contributed by atoms with Crippen LogP contribution in [0, 0.1) is 5.92 Å². The highest BCUT2D eigenvalue weighted by atomic mass is 35.5. The molecule has 0 unspecified atom stereocenters. The lowest BCUT2D eigenvalue weighted by atomic mass is 9.96. The summed E-state index contributed by atoms with van der Waals surface area (Å²) in [6, 6.07) is 7.53. The second-order valence-corrected chi connectivity index (χ2v) is 9.61. The molecule has 1 aromatic carbocycles. The van der Waals surface area contributed by atoms with Crippen LogP contribution < -0.4 is 15.8 Å². The summed E-state index contributed by atoms with van der Waals surface area (Å²) in [4.78, 5) is 33.0. The van der Waals surface area contributed by atoms with E-state index in [4.69, 9.17) is 16.6 Å². The molecule has 3 heterocycles. The number of aryl methyl sites for hydroxylation is 1. The normalized spacial score (nSPS) is 17.0. The van der Waals surface area contributed by atoms with Crippen LogP contribution in [0.2, 0.25) is 5.02 Å². The van der Waals surface area contributed by atoms with Crippen molar-refractivity contribution >= 4 is 38.9 Å². The third kappa shape index (κ3) is 4.19. The van der Waals surface area contributed by atoms with Crippen LogP contribution in [-0.2, 0) is 24.2 Å². The smallest absolute Gasteiger partial charge is 0.278 e. The Morgan fingerprint density at radius 2 is 2.03 bits per heavy atom. The number of hydrogen-bond acceptors (Lipinski definition) is 6. The predicted molar refractivity (Wildman–Crippen MR) is 122 cm³/mol. The zero-order valence-corrected chi connectivity index (χ0v) is 18.7. The van der Waals surface area contributed by atoms with E-state index >= 15 is 0 Å². The number of nitrogens with one attached hydrogen (secondary N) is 1. The maximum Gasteiger partial charge on any atom is 0.278 e. The summed E-state index contributed by atoms with van der Waals surface area (Å²) in [7, 11) is 0. The molecule has 9 heteroatoms. The Hall–Kier alpha value is -2.45. The van der Waals surface area contributed by atoms with Crippen LogP contribution in [-0.4, -0.2) is 33.6 Å². The highest BCUT2D eigenvalue weighted by Gasteiger charge is 2.27. The van der Waals surface area contributed by atoms with Gasteiger partial charge in [-0.2, -0.15) is 4.52 Å². The molecule has 0 bridgehead atoms. The molecular formula is C22H24ClN5O2S. The van der Waals surface area contributed by atoms with Crippen LogP contribution in [0.25, 0.3) is 4.96 Å². The maximum absolute atomic E-state index is 12.8. The molecule has 0 atom stereocenters. The molecule has 1 aliphatic heterocycles. The first-order valence-electron chi connectivity index (χ1n) is 10.8. The third-order valence-corrected chi connectivity index (χ3v) is 7.37. The molecule has 3 aromatic rings. The van der Waals surface area contributed by atoms with Gasteiger partial charge in [0.2, 0.25) is 16.0 Å². The van der Waals surface area contributed by atoms with Crippen molar-refractivity contribution in [3.05, 3.63) is 56.5 Å². The molecule has 2 aromatic heterocycles. The molecule has 5 rings (SSSR count). The van der Waals surface area contributed by atoms with E-state index < -0.39 is 0 Å². The summed E-state index contributed by atoms with van der Waals surface area (Å²) < 4.78 is 1.47. The number of halogens is 1. The highest BCUT2D eigenvalue weighted by molar-refractivity contribution is 7.20. The first-order chi connectivity index (χ1) is 15.1. The van der Waals surface area contributed by atoms with E-state index in [2.05, 4.69) is 15.3 Å². The van der Waals surface area contributed by atoms with E-state index in [0.717, 1.165) is 73.6 Å². The number of hydrogen-bond donors (Lipinski definition) is 1. The first-order valence-corrected chi connectivity index (χ1v) is 12.0. The summed E-state index contributed by atoms with van der Waals surface area (Å²) in [6.07, 6.45) is 5.33. The van der Waals surface area contributed by atoms with E-state index in [1.165, 1.54) is 15.9 Å². The Morgan fingerprint density at radius 3 is 2.84 bits per heavy atom. The van der Waals surface area contributed by atoms with Gasteiger partial charge in [-0.3, -0.25) is 9.59 Å². The summed E-state index contributed by atoms with van der Waals surface area (Å²) in [6.45, 7) is 1.96. The van der Waals surface area contributed by atoms with Crippen LogP contribution in [0.1, 0.15) is 42.5 Å². The molecule has 1 saturated heterocycles. The van der Waals surface area contributed by atoms with E-state index in [0.29, 0.717) is 16.5 Å². The fourth-order valence-corrected chi connectivity index (χ4v) is 5.58. The lowest BCUT2D eigenvalue weighted by molar-refractivity contribution is -0.125. The zero-order valence-electron chi connectivity index (χ0n) is 17.1. The number of carbonyl (C=O) groups is 1. The van der Waals surface area contributed by atoms with Crippen LogP contribution in [0.5, 0.6) is 0 Å². The van der Waals surface area contributed by atoms with Crippen molar-refractivity contribution < 1.29 is 4.79 Å². The summed E-state index contributed by atoms with van der Waals surface area (Å²) in [5, 5.41) is 9.08. The Bertz CT molecular complexity index is 1180. The van der Waals surface area contributed by atoms with Gasteiger partial charge in [-0.05, 0) is 56.2 Å². The molecule has 31 heavy (non-hydrogen) atoms. The lowest BCUT2D eigenvalue weighted by Gasteiger charge is -2.30. The Labute approximate surface area is 189 Å². The maximum atomic E-state index is 12.8. The van der Waals surface area contributed by atoms with Gasteiger partial charge in [-0.25, -0.2) is 4.98 Å². The van der Waals surface area contributed by atoms with E-state index in [-0.39, 0.29) is 17.4 Å². The molecule has 0 radical (unpaired) electrons. The summed E-state index contributed by atoms with van der Waals surface area (Å²) >= 11 is 7.47. The number of amides is 1. The lowest BCUT2D eigenvalue weighted by Crippen LogP contribution is -2.40. The van der Waals surface area contributed by atoms with E-state index in [1.54, 1.807) is 0 Å². The summed E-state index contributed by atoms with van der Waals surface area (Å²) in [5.41, 5.74) is 2.75. The predicted octanol–water partition coefficient (Wildman–Crippen LogP) is 3.22. The average Bonchev–Trinajstić information content (AvgIpc) is 3.22. The third-order valence-electron chi connectivity index (χ3n) is 6.16. The minimum absolute atomic E-state index is 0.0158. The quantitative estimate of drug-likeness (QED) is 0.650. The molecule has 1 amide bonds. The van der Waals surface area contributed by atoms with Crippen LogP contribution in [0.4, 0.5) is 5.13 Å². The van der Waals surface area contributed by atoms with Gasteiger partial charge in [0.1, 0.15) is 0 Å². The van der Waals surface area contributed by atoms with Gasteiger partial charge in [-0.1, -0.05) is 35.1 Å². The van der Waals surface area contributed by atoms with Crippen molar-refractivity contribution in [2.24, 2.45) is 5.92 Å². The summed E-state index contributed by atoms with van der Waals surface area (Å²) in [5.74, 6) is 0.0625. The number of benzene rings is 1. The minimum atomic E-state index is -0.0162. The fourth-order valence-electron chi connectivity index (χ4n) is 4.40. The number of aromatic nitrogens is 3. The molecule has 2 aliphatic rings. The number of anilines is 1. The molecule has 1 N–H and O–H groups in total. The molecule has 162 valence electrons. The molecule has 0 spiro atoms. The van der Waals surface area contributed by atoms with Crippen molar-refractivity contribution in [1.82, 2.24) is 19.9 Å². The highest BCUT2D eigenvalue weighted by Crippen LogP contribution is 2.28. The number of fused-ring (bicyclic) bond motifs is 2. The van der Waals surface area contributed by atoms with Crippen molar-refractivity contribution in [3.63, 3.8) is 0 Å². The van der Waals surface area contributed by atoms with Gasteiger partial charge in [-0.15, -0.1) is 5.10 Å². The van der Waals surface area contributed by atoms with E-state index in [1.807, 2.05) is 24.3 Å². The number of piperidine rings is 1. The van der Waals surface area contributed by atoms with Crippen molar-refractivity contribution in [3.8, 4) is 0 Å². The standard InChI is InChI=1S/C22H24ClN5O2S/c23-16-5-3-4-14(12-16)13-24-19(29)15-8-10-27(11-9-15)22-26-28-20(30)17-6-1-2-7-18(17)25-21(28)31-22/h3-5,12,15H,1-2,6-11,13H2,(H,24,29). The molecule has 1 fully saturated rings. The van der Waals surface area contributed by atoms with Gasteiger partial charge in [0.15, 0.2) is 0 Å². The monoisotopic (exact) mass is 457 g/mol. The Kier molecular flexibility index (Phi) is 5.67. The van der Waals surface area contributed by atoms with E-state index in [9.17, 15) is 9.59 Å². The van der Waals surface area contributed by atoms with Gasteiger partial charge < -0.3 is 10.2 Å². The largest absolute Gasteiger partial charge is 0.352 e. The number of nitrogens with zero attached hydrogens (tertiary/aromatic N) is 4. The van der Waals surface area contributed by atoms with Crippen molar-refractivity contribution in [1.29, 1.82) is 0 Å². The Morgan fingerprint density at radius 1 is 1.23 bits per heavy atom. The van der Waals surface area contributed by atoms with Crippen molar-refractivity contribution in [2.75, 3.05) is 18.0 Å². The first kappa shape index (κ1) is 20.5. The van der Waals surface area contributed by atoms with Crippen LogP contribution >= 0.6 is 22.9 Å². The Balaban J connectivity index is 1.23. The van der Waals surface area contributed by atoms with Gasteiger partial charge in [0.05, 0.1) is 5.69 Å². The van der Waals surface area contributed by atoms with Crippen LogP contribution in [0.15, 0.2) is 29.1 Å². The second-order valence-electron chi connectivity index (χ2n) is 8.24. The fraction of sp³-hybridized carbons (Fsp3) is 0.455. The number of carbonyl (C=O) groups excluding carboxylic acids is 1. The second kappa shape index (κ2) is 8.59. The zero-order chi connectivity index (χ0) is 21.4. The van der Waals surface area contributed by atoms with Gasteiger partial charge in [0, 0.05) is 36.1 Å². The average molecular weight is 458 g/mol. The molecule has 1 aliphatic carbocycles. The van der Waals surface area contributed by atoms with Crippen molar-refractivity contribution in [2.45, 2.75) is 45.1 Å². The molecular weight excluding hydrogens is 434 g/mol. The van der Waals surface area contributed by atoms with Crippen LogP contribution in [0.3, 0.4) is 0 Å².